The fourth-order valence-corrected chi connectivity index (χ4v) is 4.02. The Bertz CT molecular complexity index is 835. The molecule has 2 aromatic carbocycles. The van der Waals surface area contributed by atoms with E-state index in [4.69, 9.17) is 0 Å². The van der Waals surface area contributed by atoms with Gasteiger partial charge in [-0.05, 0) is 56.5 Å². The average Bonchev–Trinajstić information content (AvgIpc) is 3.27. The SMILES string of the molecule is CC[C@@H](C)NC(=O)c1cc(NC(=O)CSc2ccccc2)ccc1N1CCCC1. The first-order chi connectivity index (χ1) is 14.1. The number of anilines is 2. The molecule has 1 aliphatic rings. The lowest BCUT2D eigenvalue weighted by Crippen LogP contribution is -2.33. The van der Waals surface area contributed by atoms with Gasteiger partial charge in [0, 0.05) is 35.4 Å². The Morgan fingerprint density at radius 1 is 1.10 bits per heavy atom. The summed E-state index contributed by atoms with van der Waals surface area (Å²) in [5.74, 6) is 0.156. The number of benzene rings is 2. The summed E-state index contributed by atoms with van der Waals surface area (Å²) < 4.78 is 0. The Hall–Kier alpha value is -2.47. The molecule has 1 aliphatic heterocycles. The number of carbonyl (C=O) groups is 2. The van der Waals surface area contributed by atoms with E-state index in [0.717, 1.165) is 42.9 Å². The number of hydrogen-bond donors (Lipinski definition) is 2. The minimum absolute atomic E-state index is 0.0824. The van der Waals surface area contributed by atoms with Crippen LogP contribution in [0, 0.1) is 0 Å². The molecule has 1 atom stereocenters. The Morgan fingerprint density at radius 3 is 2.52 bits per heavy atom. The van der Waals surface area contributed by atoms with E-state index in [1.54, 1.807) is 6.07 Å². The predicted octanol–water partition coefficient (Wildman–Crippen LogP) is 4.55. The fraction of sp³-hybridized carbons (Fsp3) is 0.391. The lowest BCUT2D eigenvalue weighted by Gasteiger charge is -2.23. The molecule has 0 unspecified atom stereocenters. The van der Waals surface area contributed by atoms with Gasteiger partial charge in [-0.2, -0.15) is 0 Å². The fourth-order valence-electron chi connectivity index (χ4n) is 3.30. The molecular formula is C23H29N3O2S. The van der Waals surface area contributed by atoms with Crippen LogP contribution in [0.5, 0.6) is 0 Å². The van der Waals surface area contributed by atoms with Crippen LogP contribution < -0.4 is 15.5 Å². The number of rotatable bonds is 8. The number of thioether (sulfide) groups is 1. The Kier molecular flexibility index (Phi) is 7.58. The molecule has 1 heterocycles. The van der Waals surface area contributed by atoms with E-state index in [9.17, 15) is 9.59 Å². The highest BCUT2D eigenvalue weighted by atomic mass is 32.2. The Morgan fingerprint density at radius 2 is 1.83 bits per heavy atom. The maximum absolute atomic E-state index is 12.9. The summed E-state index contributed by atoms with van der Waals surface area (Å²) in [6.45, 7) is 5.97. The number of nitrogens with one attached hydrogen (secondary N) is 2. The highest BCUT2D eigenvalue weighted by Crippen LogP contribution is 2.28. The van der Waals surface area contributed by atoms with Gasteiger partial charge in [-0.1, -0.05) is 25.1 Å². The monoisotopic (exact) mass is 411 g/mol. The summed E-state index contributed by atoms with van der Waals surface area (Å²) in [6, 6.07) is 15.6. The highest BCUT2D eigenvalue weighted by molar-refractivity contribution is 8.00. The summed E-state index contributed by atoms with van der Waals surface area (Å²) in [5.41, 5.74) is 2.22. The van der Waals surface area contributed by atoms with E-state index in [2.05, 4.69) is 15.5 Å². The zero-order chi connectivity index (χ0) is 20.6. The molecule has 154 valence electrons. The first-order valence-corrected chi connectivity index (χ1v) is 11.2. The van der Waals surface area contributed by atoms with Gasteiger partial charge in [-0.3, -0.25) is 9.59 Å². The van der Waals surface area contributed by atoms with Gasteiger partial charge >= 0.3 is 0 Å². The minimum atomic E-state index is -0.0870. The first kappa shape index (κ1) is 21.2. The maximum atomic E-state index is 12.9. The van der Waals surface area contributed by atoms with E-state index in [-0.39, 0.29) is 17.9 Å². The van der Waals surface area contributed by atoms with E-state index in [1.165, 1.54) is 11.8 Å². The highest BCUT2D eigenvalue weighted by Gasteiger charge is 2.21. The molecule has 0 saturated carbocycles. The van der Waals surface area contributed by atoms with Crippen molar-refractivity contribution in [3.05, 3.63) is 54.1 Å². The van der Waals surface area contributed by atoms with Crippen molar-refractivity contribution in [1.82, 2.24) is 5.32 Å². The Balaban J connectivity index is 1.72. The van der Waals surface area contributed by atoms with E-state index in [1.807, 2.05) is 56.3 Å². The van der Waals surface area contributed by atoms with Crippen molar-refractivity contribution in [3.8, 4) is 0 Å². The van der Waals surface area contributed by atoms with Gasteiger partial charge in [0.1, 0.15) is 0 Å². The third kappa shape index (κ3) is 6.00. The molecule has 2 amide bonds. The third-order valence-corrected chi connectivity index (χ3v) is 6.09. The van der Waals surface area contributed by atoms with Gasteiger partial charge in [0.15, 0.2) is 0 Å². The van der Waals surface area contributed by atoms with Gasteiger partial charge in [0.2, 0.25) is 5.91 Å². The minimum Gasteiger partial charge on any atom is -0.371 e. The van der Waals surface area contributed by atoms with Gasteiger partial charge < -0.3 is 15.5 Å². The number of nitrogens with zero attached hydrogens (tertiary/aromatic N) is 1. The number of amides is 2. The number of hydrogen-bond acceptors (Lipinski definition) is 4. The summed E-state index contributed by atoms with van der Waals surface area (Å²) in [7, 11) is 0. The van der Waals surface area contributed by atoms with Crippen molar-refractivity contribution in [2.75, 3.05) is 29.1 Å². The second-order valence-corrected chi connectivity index (χ2v) is 8.41. The van der Waals surface area contributed by atoms with Crippen molar-refractivity contribution < 1.29 is 9.59 Å². The smallest absolute Gasteiger partial charge is 0.253 e. The molecule has 1 fully saturated rings. The quantitative estimate of drug-likeness (QED) is 0.626. The van der Waals surface area contributed by atoms with Crippen molar-refractivity contribution >= 4 is 35.0 Å². The molecule has 0 aliphatic carbocycles. The van der Waals surface area contributed by atoms with Gasteiger partial charge in [-0.15, -0.1) is 11.8 Å². The topological polar surface area (TPSA) is 61.4 Å². The summed E-state index contributed by atoms with van der Waals surface area (Å²) >= 11 is 1.49. The molecule has 1 saturated heterocycles. The summed E-state index contributed by atoms with van der Waals surface area (Å²) in [6.07, 6.45) is 3.15. The van der Waals surface area contributed by atoms with Crippen LogP contribution in [0.3, 0.4) is 0 Å². The molecule has 0 spiro atoms. The van der Waals surface area contributed by atoms with Crippen molar-refractivity contribution in [1.29, 1.82) is 0 Å². The molecule has 2 N–H and O–H groups in total. The second-order valence-electron chi connectivity index (χ2n) is 7.36. The molecule has 0 aromatic heterocycles. The molecule has 29 heavy (non-hydrogen) atoms. The normalized spacial score (nSPS) is 14.5. The van der Waals surface area contributed by atoms with E-state index < -0.39 is 0 Å². The van der Waals surface area contributed by atoms with Crippen LogP contribution >= 0.6 is 11.8 Å². The second kappa shape index (κ2) is 10.3. The first-order valence-electron chi connectivity index (χ1n) is 10.2. The molecule has 6 heteroatoms. The standard InChI is InChI=1S/C23H29N3O2S/c1-3-17(2)24-23(28)20-15-18(11-12-21(20)26-13-7-8-14-26)25-22(27)16-29-19-9-5-4-6-10-19/h4-6,9-12,15,17H,3,7-8,13-14,16H2,1-2H3,(H,24,28)(H,25,27)/t17-/m1/s1. The molecule has 0 radical (unpaired) electrons. The van der Waals surface area contributed by atoms with Crippen LogP contribution in [-0.4, -0.2) is 36.7 Å². The van der Waals surface area contributed by atoms with Crippen molar-refractivity contribution in [2.45, 2.75) is 44.0 Å². The third-order valence-electron chi connectivity index (χ3n) is 5.07. The molecule has 2 aromatic rings. The summed E-state index contributed by atoms with van der Waals surface area (Å²) in [4.78, 5) is 28.6. The predicted molar refractivity (Wildman–Crippen MR) is 121 cm³/mol. The van der Waals surface area contributed by atoms with Gasteiger partial charge in [0.25, 0.3) is 5.91 Å². The lowest BCUT2D eigenvalue weighted by atomic mass is 10.1. The Labute approximate surface area is 177 Å². The van der Waals surface area contributed by atoms with Gasteiger partial charge in [0.05, 0.1) is 11.3 Å². The molecule has 3 rings (SSSR count). The van der Waals surface area contributed by atoms with Crippen molar-refractivity contribution in [3.63, 3.8) is 0 Å². The van der Waals surface area contributed by atoms with Crippen LogP contribution in [-0.2, 0) is 4.79 Å². The molecular weight excluding hydrogens is 382 g/mol. The molecule has 0 bridgehead atoms. The van der Waals surface area contributed by atoms with E-state index in [0.29, 0.717) is 17.0 Å². The summed E-state index contributed by atoms with van der Waals surface area (Å²) in [5, 5.41) is 5.99. The number of carbonyl (C=O) groups excluding carboxylic acids is 2. The average molecular weight is 412 g/mol. The van der Waals surface area contributed by atoms with Crippen LogP contribution in [0.4, 0.5) is 11.4 Å². The van der Waals surface area contributed by atoms with Crippen LogP contribution in [0.25, 0.3) is 0 Å². The van der Waals surface area contributed by atoms with Crippen LogP contribution in [0.2, 0.25) is 0 Å². The van der Waals surface area contributed by atoms with Crippen molar-refractivity contribution in [2.24, 2.45) is 0 Å². The van der Waals surface area contributed by atoms with Crippen LogP contribution in [0.15, 0.2) is 53.4 Å². The largest absolute Gasteiger partial charge is 0.371 e. The van der Waals surface area contributed by atoms with E-state index >= 15 is 0 Å². The molecule has 5 nitrogen and oxygen atoms in total. The van der Waals surface area contributed by atoms with Gasteiger partial charge in [-0.25, -0.2) is 0 Å². The maximum Gasteiger partial charge on any atom is 0.253 e. The zero-order valence-electron chi connectivity index (χ0n) is 17.1. The zero-order valence-corrected chi connectivity index (χ0v) is 17.9. The van der Waals surface area contributed by atoms with Crippen LogP contribution in [0.1, 0.15) is 43.5 Å². The lowest BCUT2D eigenvalue weighted by molar-refractivity contribution is -0.113.